The van der Waals surface area contributed by atoms with E-state index in [1.165, 1.54) is 5.56 Å². The topological polar surface area (TPSA) is 199 Å². The quantitative estimate of drug-likeness (QED) is 0.300. The molecular weight excluding hydrogens is 500 g/mol. The number of fused-ring (bicyclic) bond motifs is 1. The number of ether oxygens (including phenoxy) is 1. The zero-order chi connectivity index (χ0) is 28.1. The third-order valence-corrected chi connectivity index (χ3v) is 5.20. The van der Waals surface area contributed by atoms with Crippen LogP contribution >= 0.6 is 0 Å². The Bertz CT molecular complexity index is 1210. The van der Waals surface area contributed by atoms with Crippen molar-refractivity contribution in [3.8, 4) is 11.3 Å². The summed E-state index contributed by atoms with van der Waals surface area (Å²) >= 11 is 0. The highest BCUT2D eigenvalue weighted by Crippen LogP contribution is 2.29. The minimum atomic E-state index is -1.82. The molecule has 2 heterocycles. The van der Waals surface area contributed by atoms with E-state index in [0.29, 0.717) is 0 Å². The number of carboxylic acid groups (broad SMARTS) is 4. The lowest BCUT2D eigenvalue weighted by Crippen LogP contribution is -2.39. The number of nitrogens with zero attached hydrogens (tertiary/aromatic N) is 3. The van der Waals surface area contributed by atoms with E-state index in [1.54, 1.807) is 0 Å². The third-order valence-electron chi connectivity index (χ3n) is 5.20. The fourth-order valence-corrected chi connectivity index (χ4v) is 3.32. The maximum absolute atomic E-state index is 9.10. The average molecular weight is 529 g/mol. The molecule has 0 saturated carbocycles. The predicted molar refractivity (Wildman–Crippen MR) is 136 cm³/mol. The van der Waals surface area contributed by atoms with E-state index < -0.39 is 23.9 Å². The molecule has 1 aromatic heterocycles. The smallest absolute Gasteiger partial charge is 0.414 e. The third kappa shape index (κ3) is 9.44. The fourth-order valence-electron chi connectivity index (χ4n) is 3.32. The van der Waals surface area contributed by atoms with Gasteiger partial charge in [0, 0.05) is 42.5 Å². The number of aromatic nitrogens is 2. The first-order valence-corrected chi connectivity index (χ1v) is 11.4. The van der Waals surface area contributed by atoms with Gasteiger partial charge in [-0.05, 0) is 6.92 Å². The Labute approximate surface area is 217 Å². The highest BCUT2D eigenvalue weighted by Gasteiger charge is 2.12. The molecule has 1 aliphatic heterocycles. The van der Waals surface area contributed by atoms with Gasteiger partial charge in [0.2, 0.25) is 0 Å². The number of rotatable bonds is 5. The van der Waals surface area contributed by atoms with Gasteiger partial charge < -0.3 is 30.5 Å². The van der Waals surface area contributed by atoms with Crippen LogP contribution in [-0.2, 0) is 23.9 Å². The Morgan fingerprint density at radius 1 is 0.816 bits per heavy atom. The lowest BCUT2D eigenvalue weighted by Gasteiger charge is -2.26. The predicted octanol–water partition coefficient (Wildman–Crippen LogP) is 1.66. The number of anilines is 1. The minimum absolute atomic E-state index is 0.827. The molecule has 1 saturated heterocycles. The van der Waals surface area contributed by atoms with Crippen molar-refractivity contribution < 1.29 is 44.3 Å². The van der Waals surface area contributed by atoms with Crippen LogP contribution in [0.25, 0.3) is 22.0 Å². The standard InChI is InChI=1S/C21H24N4O.2C2H2O4/c1-16-6-8-17(9-7-16)20-18-4-2-3-5-19(18)21(24-23-20)22-10-11-25-12-14-26-15-13-25;2*3-1(4)2(5)6/h2-9H,10-15H2,1H3,(H,22,24);2*(H,3,4)(H,5,6). The first-order valence-electron chi connectivity index (χ1n) is 11.4. The van der Waals surface area contributed by atoms with Crippen molar-refractivity contribution in [3.63, 3.8) is 0 Å². The number of benzene rings is 2. The number of aryl methyl sites for hydroxylation is 1. The molecule has 0 amide bonds. The Kier molecular flexibility index (Phi) is 11.5. The van der Waals surface area contributed by atoms with E-state index in [1.807, 2.05) is 0 Å². The van der Waals surface area contributed by atoms with Crippen LogP contribution in [0.2, 0.25) is 0 Å². The summed E-state index contributed by atoms with van der Waals surface area (Å²) in [7, 11) is 0. The first-order chi connectivity index (χ1) is 18.1. The van der Waals surface area contributed by atoms with Crippen LogP contribution in [0.3, 0.4) is 0 Å². The van der Waals surface area contributed by atoms with Gasteiger partial charge >= 0.3 is 23.9 Å². The van der Waals surface area contributed by atoms with Gasteiger partial charge in [-0.15, -0.1) is 10.2 Å². The summed E-state index contributed by atoms with van der Waals surface area (Å²) in [6, 6.07) is 16.8. The van der Waals surface area contributed by atoms with Crippen LogP contribution in [0, 0.1) is 6.92 Å². The maximum Gasteiger partial charge on any atom is 0.414 e. The molecule has 5 N–H and O–H groups in total. The number of morpholine rings is 1. The van der Waals surface area contributed by atoms with E-state index in [9.17, 15) is 0 Å². The molecule has 0 aliphatic carbocycles. The number of carbonyl (C=O) groups is 4. The van der Waals surface area contributed by atoms with Crippen LogP contribution in [0.1, 0.15) is 5.56 Å². The first kappa shape index (κ1) is 29.6. The molecular formula is C25H28N4O9. The van der Waals surface area contributed by atoms with Crippen molar-refractivity contribution in [3.05, 3.63) is 54.1 Å². The number of hydrogen-bond acceptors (Lipinski definition) is 9. The minimum Gasteiger partial charge on any atom is -0.473 e. The molecule has 3 aromatic rings. The number of hydrogen-bond donors (Lipinski definition) is 5. The summed E-state index contributed by atoms with van der Waals surface area (Å²) in [5.41, 5.74) is 3.27. The molecule has 2 aromatic carbocycles. The zero-order valence-electron chi connectivity index (χ0n) is 20.5. The second-order valence-corrected chi connectivity index (χ2v) is 7.91. The number of aliphatic carboxylic acids is 4. The van der Waals surface area contributed by atoms with Gasteiger partial charge in [0.05, 0.1) is 13.2 Å². The molecule has 13 nitrogen and oxygen atoms in total. The lowest BCUT2D eigenvalue weighted by atomic mass is 10.0. The largest absolute Gasteiger partial charge is 0.473 e. The van der Waals surface area contributed by atoms with E-state index in [4.69, 9.17) is 44.3 Å². The van der Waals surface area contributed by atoms with Crippen molar-refractivity contribution >= 4 is 40.5 Å². The lowest BCUT2D eigenvalue weighted by molar-refractivity contribution is -0.159. The van der Waals surface area contributed by atoms with Crippen molar-refractivity contribution in [2.45, 2.75) is 6.92 Å². The molecule has 0 bridgehead atoms. The monoisotopic (exact) mass is 528 g/mol. The highest BCUT2D eigenvalue weighted by atomic mass is 16.5. The van der Waals surface area contributed by atoms with Gasteiger partial charge in [0.25, 0.3) is 0 Å². The summed E-state index contributed by atoms with van der Waals surface area (Å²) < 4.78 is 5.40. The molecule has 1 fully saturated rings. The van der Waals surface area contributed by atoms with Crippen molar-refractivity contribution in [2.75, 3.05) is 44.7 Å². The Balaban J connectivity index is 0.000000355. The second-order valence-electron chi connectivity index (χ2n) is 7.91. The SMILES string of the molecule is Cc1ccc(-c2nnc(NCCN3CCOCC3)c3ccccc23)cc1.O=C(O)C(=O)O.O=C(O)C(=O)O. The van der Waals surface area contributed by atoms with Crippen LogP contribution < -0.4 is 5.32 Å². The molecule has 38 heavy (non-hydrogen) atoms. The van der Waals surface area contributed by atoms with Crippen molar-refractivity contribution in [1.29, 1.82) is 0 Å². The fraction of sp³-hybridized carbons (Fsp3) is 0.280. The molecule has 4 rings (SSSR count). The maximum atomic E-state index is 9.10. The number of nitrogens with one attached hydrogen (secondary N) is 1. The van der Waals surface area contributed by atoms with Gasteiger partial charge in [0.1, 0.15) is 5.69 Å². The van der Waals surface area contributed by atoms with Gasteiger partial charge in [-0.3, -0.25) is 4.90 Å². The molecule has 0 atom stereocenters. The molecule has 0 unspecified atom stereocenters. The van der Waals surface area contributed by atoms with Gasteiger partial charge in [-0.25, -0.2) is 19.2 Å². The van der Waals surface area contributed by atoms with Gasteiger partial charge in [-0.1, -0.05) is 54.1 Å². The molecule has 202 valence electrons. The van der Waals surface area contributed by atoms with Crippen LogP contribution in [-0.4, -0.2) is 98.8 Å². The summed E-state index contributed by atoms with van der Waals surface area (Å²) in [4.78, 5) is 38.8. The summed E-state index contributed by atoms with van der Waals surface area (Å²) in [5.74, 6) is -6.44. The van der Waals surface area contributed by atoms with Crippen LogP contribution in [0.4, 0.5) is 5.82 Å². The van der Waals surface area contributed by atoms with Gasteiger partial charge in [0.15, 0.2) is 5.82 Å². The summed E-state index contributed by atoms with van der Waals surface area (Å²) in [6.07, 6.45) is 0. The second kappa shape index (κ2) is 14.8. The van der Waals surface area contributed by atoms with E-state index in [-0.39, 0.29) is 0 Å². The molecule has 13 heteroatoms. The highest BCUT2D eigenvalue weighted by molar-refractivity contribution is 6.27. The van der Waals surface area contributed by atoms with Gasteiger partial charge in [-0.2, -0.15) is 0 Å². The van der Waals surface area contributed by atoms with E-state index >= 15 is 0 Å². The summed E-state index contributed by atoms with van der Waals surface area (Å²) in [6.45, 7) is 7.58. The zero-order valence-corrected chi connectivity index (χ0v) is 20.5. The normalized spacial score (nSPS) is 12.8. The molecule has 1 aliphatic rings. The van der Waals surface area contributed by atoms with Crippen molar-refractivity contribution in [1.82, 2.24) is 15.1 Å². The van der Waals surface area contributed by atoms with Crippen LogP contribution in [0.5, 0.6) is 0 Å². The molecule has 0 spiro atoms. The molecule has 0 radical (unpaired) electrons. The summed E-state index contributed by atoms with van der Waals surface area (Å²) in [5, 5.41) is 44.3. The average Bonchev–Trinajstić information content (AvgIpc) is 2.90. The van der Waals surface area contributed by atoms with Crippen molar-refractivity contribution in [2.24, 2.45) is 0 Å². The number of carboxylic acids is 4. The van der Waals surface area contributed by atoms with E-state index in [2.05, 4.69) is 75.9 Å². The Hall–Kier alpha value is -4.62. The van der Waals surface area contributed by atoms with E-state index in [0.717, 1.165) is 67.2 Å². The Morgan fingerprint density at radius 3 is 1.87 bits per heavy atom. The Morgan fingerprint density at radius 2 is 1.34 bits per heavy atom. The van der Waals surface area contributed by atoms with Crippen LogP contribution in [0.15, 0.2) is 48.5 Å².